The topological polar surface area (TPSA) is 20.3 Å². The molecule has 1 heterocycles. The van der Waals surface area contributed by atoms with Gasteiger partial charge in [0.15, 0.2) is 0 Å². The van der Waals surface area contributed by atoms with E-state index in [0.717, 1.165) is 13.1 Å². The van der Waals surface area contributed by atoms with Crippen molar-refractivity contribution in [1.29, 1.82) is 0 Å². The van der Waals surface area contributed by atoms with Crippen LogP contribution >= 0.6 is 0 Å². The molecule has 1 saturated carbocycles. The molecule has 1 aromatic carbocycles. The van der Waals surface area contributed by atoms with E-state index in [0.29, 0.717) is 17.7 Å². The summed E-state index contributed by atoms with van der Waals surface area (Å²) in [4.78, 5) is 15.1. The van der Waals surface area contributed by atoms with E-state index in [2.05, 4.69) is 66.6 Å². The molecular formula is C20H29NOSi. The molecule has 0 bridgehead atoms. The fraction of sp³-hybridized carbons (Fsp3) is 0.550. The van der Waals surface area contributed by atoms with Crippen LogP contribution in [0.25, 0.3) is 0 Å². The molecule has 2 fully saturated rings. The molecular weight excluding hydrogens is 298 g/mol. The first-order chi connectivity index (χ1) is 11.0. The number of rotatable bonds is 4. The van der Waals surface area contributed by atoms with Crippen LogP contribution in [0.4, 0.5) is 0 Å². The summed E-state index contributed by atoms with van der Waals surface area (Å²) in [7, 11) is -1.22. The van der Waals surface area contributed by atoms with Crippen LogP contribution in [0.5, 0.6) is 0 Å². The van der Waals surface area contributed by atoms with Gasteiger partial charge in [-0.05, 0) is 30.7 Å². The minimum Gasteiger partial charge on any atom is -0.342 e. The highest BCUT2D eigenvalue weighted by Crippen LogP contribution is 2.56. The normalized spacial score (nSPS) is 28.1. The quantitative estimate of drug-likeness (QED) is 0.748. The van der Waals surface area contributed by atoms with Crippen molar-refractivity contribution in [2.75, 3.05) is 13.1 Å². The Morgan fingerprint density at radius 1 is 1.09 bits per heavy atom. The van der Waals surface area contributed by atoms with Crippen molar-refractivity contribution in [3.05, 3.63) is 47.7 Å². The Hall–Kier alpha value is -1.35. The van der Waals surface area contributed by atoms with Gasteiger partial charge in [-0.15, -0.1) is 0 Å². The second-order valence-corrected chi connectivity index (χ2v) is 13.2. The number of carbonyl (C=O) groups excluding carboxylic acids is 1. The molecule has 1 amide bonds. The van der Waals surface area contributed by atoms with E-state index in [9.17, 15) is 4.79 Å². The molecule has 23 heavy (non-hydrogen) atoms. The van der Waals surface area contributed by atoms with Crippen LogP contribution in [-0.2, 0) is 4.79 Å². The predicted octanol–water partition coefficient (Wildman–Crippen LogP) is 4.46. The molecule has 3 atom stereocenters. The predicted molar refractivity (Wildman–Crippen MR) is 99.1 cm³/mol. The van der Waals surface area contributed by atoms with Gasteiger partial charge in [0.1, 0.15) is 0 Å². The van der Waals surface area contributed by atoms with Crippen LogP contribution in [0.3, 0.4) is 0 Å². The number of benzene rings is 1. The fourth-order valence-electron chi connectivity index (χ4n) is 3.72. The molecule has 3 rings (SSSR count). The van der Waals surface area contributed by atoms with Crippen LogP contribution in [0.2, 0.25) is 19.6 Å². The highest BCUT2D eigenvalue weighted by Gasteiger charge is 2.55. The average Bonchev–Trinajstić information content (AvgIpc) is 3.27. The summed E-state index contributed by atoms with van der Waals surface area (Å²) < 4.78 is 0. The minimum atomic E-state index is -1.22. The maximum atomic E-state index is 13.0. The maximum absolute atomic E-state index is 13.0. The summed E-state index contributed by atoms with van der Waals surface area (Å²) in [6.07, 6.45) is 5.97. The molecule has 0 N–H and O–H groups in total. The van der Waals surface area contributed by atoms with Gasteiger partial charge in [-0.25, -0.2) is 0 Å². The Morgan fingerprint density at radius 3 is 2.35 bits per heavy atom. The van der Waals surface area contributed by atoms with Crippen molar-refractivity contribution in [2.24, 2.45) is 11.8 Å². The van der Waals surface area contributed by atoms with E-state index in [4.69, 9.17) is 0 Å². The molecule has 0 unspecified atom stereocenters. The summed E-state index contributed by atoms with van der Waals surface area (Å²) in [5.74, 6) is 1.35. The number of amides is 1. The fourth-order valence-corrected chi connectivity index (χ4v) is 4.52. The molecule has 0 aromatic heterocycles. The van der Waals surface area contributed by atoms with Gasteiger partial charge in [0, 0.05) is 19.0 Å². The Morgan fingerprint density at radius 2 is 1.74 bits per heavy atom. The highest BCUT2D eigenvalue weighted by molar-refractivity contribution is 6.80. The zero-order valence-corrected chi connectivity index (χ0v) is 15.7. The average molecular weight is 328 g/mol. The zero-order valence-electron chi connectivity index (χ0n) is 14.7. The monoisotopic (exact) mass is 327 g/mol. The lowest BCUT2D eigenvalue weighted by molar-refractivity contribution is -0.133. The molecule has 1 aliphatic carbocycles. The van der Waals surface area contributed by atoms with Gasteiger partial charge in [0.05, 0.1) is 14.0 Å². The minimum absolute atomic E-state index is 0.170. The molecule has 2 nitrogen and oxygen atoms in total. The number of piperidine rings is 1. The van der Waals surface area contributed by atoms with Crippen LogP contribution in [0.15, 0.2) is 42.1 Å². The lowest BCUT2D eigenvalue weighted by Gasteiger charge is -2.27. The van der Waals surface area contributed by atoms with Crippen LogP contribution in [0.1, 0.15) is 30.7 Å². The number of hydrogen-bond donors (Lipinski definition) is 0. The SMILES string of the molecule is C[Si](C)(C)/C=C/[C@@H]1[C@H](C(=O)N2CCCCC2)[C@H]1c1ccccc1. The molecule has 2 aliphatic rings. The Balaban J connectivity index is 1.78. The first-order valence-electron chi connectivity index (χ1n) is 9.00. The first-order valence-corrected chi connectivity index (χ1v) is 12.6. The lowest BCUT2D eigenvalue weighted by atomic mass is 10.1. The number of likely N-dealkylation sites (tertiary alicyclic amines) is 1. The first kappa shape index (κ1) is 16.5. The van der Waals surface area contributed by atoms with Gasteiger partial charge in [0.25, 0.3) is 0 Å². The summed E-state index contributed by atoms with van der Waals surface area (Å²) in [6.45, 7) is 8.98. The summed E-state index contributed by atoms with van der Waals surface area (Å²) >= 11 is 0. The van der Waals surface area contributed by atoms with Crippen LogP contribution < -0.4 is 0 Å². The molecule has 0 radical (unpaired) electrons. The van der Waals surface area contributed by atoms with E-state index in [1.165, 1.54) is 24.8 Å². The number of nitrogens with zero attached hydrogens (tertiary/aromatic N) is 1. The lowest BCUT2D eigenvalue weighted by Crippen LogP contribution is -2.37. The maximum Gasteiger partial charge on any atom is 0.226 e. The van der Waals surface area contributed by atoms with Crippen molar-refractivity contribution >= 4 is 14.0 Å². The molecule has 124 valence electrons. The molecule has 1 saturated heterocycles. The van der Waals surface area contributed by atoms with Gasteiger partial charge < -0.3 is 4.90 Å². The van der Waals surface area contributed by atoms with E-state index in [-0.39, 0.29) is 5.92 Å². The van der Waals surface area contributed by atoms with Crippen LogP contribution in [-0.4, -0.2) is 32.0 Å². The summed E-state index contributed by atoms with van der Waals surface area (Å²) in [5.41, 5.74) is 3.74. The van der Waals surface area contributed by atoms with Crippen molar-refractivity contribution in [3.8, 4) is 0 Å². The van der Waals surface area contributed by atoms with E-state index >= 15 is 0 Å². The van der Waals surface area contributed by atoms with Crippen LogP contribution in [0, 0.1) is 11.8 Å². The summed E-state index contributed by atoms with van der Waals surface area (Å²) in [6, 6.07) is 10.6. The van der Waals surface area contributed by atoms with Gasteiger partial charge in [0.2, 0.25) is 5.91 Å². The Labute approximate surface area is 141 Å². The second kappa shape index (κ2) is 6.64. The Kier molecular flexibility index (Phi) is 4.76. The smallest absolute Gasteiger partial charge is 0.226 e. The van der Waals surface area contributed by atoms with Gasteiger partial charge in [-0.1, -0.05) is 61.7 Å². The third-order valence-electron chi connectivity index (χ3n) is 5.03. The standard InChI is InChI=1S/C20H29NOSi/c1-23(2,3)15-12-17-18(16-10-6-4-7-11-16)19(17)20(22)21-13-8-5-9-14-21/h4,6-7,10-12,15,17-19H,5,8-9,13-14H2,1-3H3/b15-12+/t17-,18-,19-/m0/s1. The van der Waals surface area contributed by atoms with E-state index in [1.54, 1.807) is 0 Å². The Bertz CT molecular complexity index is 569. The van der Waals surface area contributed by atoms with Crippen molar-refractivity contribution in [3.63, 3.8) is 0 Å². The van der Waals surface area contributed by atoms with Gasteiger partial charge >= 0.3 is 0 Å². The van der Waals surface area contributed by atoms with Gasteiger partial charge in [-0.3, -0.25) is 4.79 Å². The van der Waals surface area contributed by atoms with E-state index < -0.39 is 8.07 Å². The number of hydrogen-bond acceptors (Lipinski definition) is 1. The van der Waals surface area contributed by atoms with E-state index in [1.807, 2.05) is 0 Å². The zero-order chi connectivity index (χ0) is 16.4. The number of carbonyl (C=O) groups is 1. The number of allylic oxidation sites excluding steroid dienone is 1. The second-order valence-electron chi connectivity index (χ2n) is 8.15. The molecule has 0 spiro atoms. The third-order valence-corrected chi connectivity index (χ3v) is 6.22. The van der Waals surface area contributed by atoms with Crippen molar-refractivity contribution in [1.82, 2.24) is 4.90 Å². The van der Waals surface area contributed by atoms with Gasteiger partial charge in [-0.2, -0.15) is 0 Å². The molecule has 1 aliphatic heterocycles. The molecule has 1 aromatic rings. The largest absolute Gasteiger partial charge is 0.342 e. The van der Waals surface area contributed by atoms with Crippen molar-refractivity contribution in [2.45, 2.75) is 44.8 Å². The molecule has 3 heteroatoms. The van der Waals surface area contributed by atoms with Crippen molar-refractivity contribution < 1.29 is 4.79 Å². The summed E-state index contributed by atoms with van der Waals surface area (Å²) in [5, 5.41) is 0. The third kappa shape index (κ3) is 3.95. The highest BCUT2D eigenvalue weighted by atomic mass is 28.3.